The van der Waals surface area contributed by atoms with Gasteiger partial charge in [-0.15, -0.1) is 0 Å². The van der Waals surface area contributed by atoms with Crippen LogP contribution in [-0.4, -0.2) is 10.9 Å². The molecule has 0 amide bonds. The van der Waals surface area contributed by atoms with E-state index in [9.17, 15) is 4.79 Å². The summed E-state index contributed by atoms with van der Waals surface area (Å²) in [6.45, 7) is 6.55. The monoisotopic (exact) mass is 272 g/mol. The van der Waals surface area contributed by atoms with Crippen LogP contribution in [0.3, 0.4) is 0 Å². The molecule has 0 aliphatic rings. The first kappa shape index (κ1) is 18.0. The molecular weight excluding hydrogens is 240 g/mol. The van der Waals surface area contributed by atoms with Crippen molar-refractivity contribution in [3.05, 3.63) is 0 Å². The van der Waals surface area contributed by atoms with Gasteiger partial charge in [-0.1, -0.05) is 83.9 Å². The second-order valence-corrected chi connectivity index (χ2v) is 6.42. The predicted molar refractivity (Wildman–Crippen MR) is 84.1 cm³/mol. The smallest absolute Gasteiger partial charge is 0.192 e. The molecular formula is C16H32OS. The van der Waals surface area contributed by atoms with Gasteiger partial charge in [0.1, 0.15) is 0 Å². The summed E-state index contributed by atoms with van der Waals surface area (Å²) in [4.78, 5) is 12.0. The van der Waals surface area contributed by atoms with Crippen LogP contribution in [0.1, 0.15) is 85.0 Å². The molecule has 0 spiro atoms. The van der Waals surface area contributed by atoms with Crippen LogP contribution < -0.4 is 0 Å². The maximum atomic E-state index is 12.0. The summed E-state index contributed by atoms with van der Waals surface area (Å²) in [5.74, 6) is 1.27. The van der Waals surface area contributed by atoms with Crippen molar-refractivity contribution in [2.75, 3.05) is 5.75 Å². The molecule has 0 unspecified atom stereocenters. The first-order chi connectivity index (χ1) is 8.76. The van der Waals surface area contributed by atoms with Gasteiger partial charge in [-0.2, -0.15) is 0 Å². The van der Waals surface area contributed by atoms with Crippen LogP contribution in [0.2, 0.25) is 0 Å². The van der Waals surface area contributed by atoms with E-state index in [4.69, 9.17) is 0 Å². The Kier molecular flexibility index (Phi) is 13.5. The van der Waals surface area contributed by atoms with Gasteiger partial charge in [0.05, 0.1) is 0 Å². The lowest BCUT2D eigenvalue weighted by Gasteiger charge is -2.14. The van der Waals surface area contributed by atoms with Gasteiger partial charge in [0.15, 0.2) is 5.12 Å². The van der Waals surface area contributed by atoms with E-state index in [0.717, 1.165) is 18.6 Å². The van der Waals surface area contributed by atoms with E-state index in [2.05, 4.69) is 20.8 Å². The molecule has 0 N–H and O–H groups in total. The number of hydrogen-bond acceptors (Lipinski definition) is 2. The molecule has 0 fully saturated rings. The lowest BCUT2D eigenvalue weighted by atomic mass is 9.95. The van der Waals surface area contributed by atoms with E-state index in [1.54, 1.807) is 0 Å². The van der Waals surface area contributed by atoms with Crippen molar-refractivity contribution in [1.29, 1.82) is 0 Å². The molecule has 0 aromatic rings. The highest BCUT2D eigenvalue weighted by Gasteiger charge is 2.17. The van der Waals surface area contributed by atoms with Crippen molar-refractivity contribution in [3.8, 4) is 0 Å². The van der Waals surface area contributed by atoms with Gasteiger partial charge < -0.3 is 0 Å². The molecule has 1 nitrogen and oxygen atoms in total. The minimum Gasteiger partial charge on any atom is -0.287 e. The predicted octanol–water partition coefficient (Wildman–Crippen LogP) is 5.82. The Balaban J connectivity index is 3.88. The second-order valence-electron chi connectivity index (χ2n) is 5.15. The molecule has 0 aromatic carbocycles. The zero-order valence-corrected chi connectivity index (χ0v) is 13.5. The van der Waals surface area contributed by atoms with Gasteiger partial charge in [-0.3, -0.25) is 4.79 Å². The zero-order chi connectivity index (χ0) is 13.6. The molecule has 2 heteroatoms. The van der Waals surface area contributed by atoms with Crippen molar-refractivity contribution in [3.63, 3.8) is 0 Å². The zero-order valence-electron chi connectivity index (χ0n) is 12.7. The van der Waals surface area contributed by atoms with Crippen LogP contribution in [0.15, 0.2) is 0 Å². The quantitative estimate of drug-likeness (QED) is 0.416. The normalized spacial score (nSPS) is 11.1. The average Bonchev–Trinajstić information content (AvgIpc) is 2.37. The van der Waals surface area contributed by atoms with Crippen LogP contribution in [0.25, 0.3) is 0 Å². The highest BCUT2D eigenvalue weighted by molar-refractivity contribution is 8.13. The highest BCUT2D eigenvalue weighted by atomic mass is 32.2. The van der Waals surface area contributed by atoms with E-state index >= 15 is 0 Å². The molecule has 0 rings (SSSR count). The van der Waals surface area contributed by atoms with Crippen LogP contribution in [0.5, 0.6) is 0 Å². The van der Waals surface area contributed by atoms with E-state index in [1.165, 1.54) is 63.1 Å². The molecule has 0 saturated carbocycles. The van der Waals surface area contributed by atoms with Crippen LogP contribution in [0.4, 0.5) is 0 Å². The van der Waals surface area contributed by atoms with E-state index in [-0.39, 0.29) is 0 Å². The molecule has 18 heavy (non-hydrogen) atoms. The van der Waals surface area contributed by atoms with Gasteiger partial charge in [0.25, 0.3) is 0 Å². The molecule has 108 valence electrons. The van der Waals surface area contributed by atoms with Gasteiger partial charge in [0.2, 0.25) is 0 Å². The summed E-state index contributed by atoms with van der Waals surface area (Å²) in [6.07, 6.45) is 12.5. The first-order valence-corrected chi connectivity index (χ1v) is 8.91. The summed E-state index contributed by atoms with van der Waals surface area (Å²) in [5.41, 5.74) is 0. The number of hydrogen-bond donors (Lipinski definition) is 0. The average molecular weight is 272 g/mol. The fraction of sp³-hybridized carbons (Fsp3) is 0.938. The maximum Gasteiger partial charge on any atom is 0.192 e. The van der Waals surface area contributed by atoms with Crippen LogP contribution in [-0.2, 0) is 4.79 Å². The molecule has 0 aliphatic carbocycles. The second kappa shape index (κ2) is 13.5. The molecule has 0 radical (unpaired) electrons. The van der Waals surface area contributed by atoms with Crippen molar-refractivity contribution in [2.24, 2.45) is 5.92 Å². The third kappa shape index (κ3) is 9.99. The highest BCUT2D eigenvalue weighted by Crippen LogP contribution is 2.23. The van der Waals surface area contributed by atoms with Gasteiger partial charge in [0, 0.05) is 5.92 Å². The summed E-state index contributed by atoms with van der Waals surface area (Å²) in [7, 11) is 0. The Hall–Kier alpha value is 0.0200. The third-order valence-corrected chi connectivity index (χ3v) is 4.34. The molecule has 0 aromatic heterocycles. The van der Waals surface area contributed by atoms with Crippen LogP contribution >= 0.6 is 11.8 Å². The lowest BCUT2D eigenvalue weighted by molar-refractivity contribution is -0.114. The molecule has 0 atom stereocenters. The largest absolute Gasteiger partial charge is 0.287 e. The Morgan fingerprint density at radius 3 is 1.72 bits per heavy atom. The van der Waals surface area contributed by atoms with Crippen LogP contribution in [0, 0.1) is 5.92 Å². The Bertz CT molecular complexity index is 180. The van der Waals surface area contributed by atoms with Crippen molar-refractivity contribution >= 4 is 16.9 Å². The summed E-state index contributed by atoms with van der Waals surface area (Å²) in [6, 6.07) is 0. The fourth-order valence-corrected chi connectivity index (χ4v) is 3.03. The molecule has 0 bridgehead atoms. The number of unbranched alkanes of at least 4 members (excludes halogenated alkanes) is 6. The summed E-state index contributed by atoms with van der Waals surface area (Å²) in [5, 5.41) is 0.450. The minimum atomic E-state index is 0.337. The van der Waals surface area contributed by atoms with Gasteiger partial charge in [-0.25, -0.2) is 0 Å². The van der Waals surface area contributed by atoms with E-state index in [0.29, 0.717) is 11.0 Å². The van der Waals surface area contributed by atoms with Crippen molar-refractivity contribution in [2.45, 2.75) is 85.0 Å². The topological polar surface area (TPSA) is 17.1 Å². The van der Waals surface area contributed by atoms with Gasteiger partial charge in [-0.05, 0) is 18.6 Å². The fourth-order valence-electron chi connectivity index (χ4n) is 2.28. The van der Waals surface area contributed by atoms with E-state index in [1.807, 2.05) is 0 Å². The molecule has 0 heterocycles. The molecule has 0 aliphatic heterocycles. The number of thioether (sulfide) groups is 1. The summed E-state index contributed by atoms with van der Waals surface area (Å²) < 4.78 is 0. The number of carbonyl (C=O) groups is 1. The van der Waals surface area contributed by atoms with E-state index < -0.39 is 0 Å². The minimum absolute atomic E-state index is 0.337. The lowest BCUT2D eigenvalue weighted by Crippen LogP contribution is -2.11. The number of rotatable bonds is 12. The first-order valence-electron chi connectivity index (χ1n) is 7.92. The third-order valence-electron chi connectivity index (χ3n) is 3.43. The number of carbonyl (C=O) groups excluding carboxylic acids is 1. The van der Waals surface area contributed by atoms with Gasteiger partial charge >= 0.3 is 0 Å². The molecule has 0 saturated heterocycles. The Labute approximate surface area is 118 Å². The SMILES string of the molecule is CCCCCCC(CCCCCC)C(=O)SCC. The maximum absolute atomic E-state index is 12.0. The van der Waals surface area contributed by atoms with Crippen molar-refractivity contribution < 1.29 is 4.79 Å². The van der Waals surface area contributed by atoms with Crippen molar-refractivity contribution in [1.82, 2.24) is 0 Å². The summed E-state index contributed by atoms with van der Waals surface area (Å²) >= 11 is 1.53. The Morgan fingerprint density at radius 1 is 0.833 bits per heavy atom. The standard InChI is InChI=1S/C16H32OS/c1-4-7-9-11-13-15(16(17)18-6-3)14-12-10-8-5-2/h15H,4-14H2,1-3H3. The Morgan fingerprint density at radius 2 is 1.33 bits per heavy atom.